The van der Waals surface area contributed by atoms with E-state index in [1.54, 1.807) is 20.2 Å². The van der Waals surface area contributed by atoms with Crippen LogP contribution in [0.4, 0.5) is 0 Å². The Hall–Kier alpha value is -1.95. The number of hydrogen-bond acceptors (Lipinski definition) is 3. The summed E-state index contributed by atoms with van der Waals surface area (Å²) in [6.07, 6.45) is 4.09. The van der Waals surface area contributed by atoms with E-state index in [-0.39, 0.29) is 22.5 Å². The van der Waals surface area contributed by atoms with Crippen molar-refractivity contribution in [2.75, 3.05) is 14.1 Å². The van der Waals surface area contributed by atoms with Gasteiger partial charge in [-0.2, -0.15) is 0 Å². The second-order valence-corrected chi connectivity index (χ2v) is 6.36. The summed E-state index contributed by atoms with van der Waals surface area (Å²) in [6, 6.07) is 2.61. The molecule has 1 aromatic heterocycles. The molecule has 0 atom stereocenters. The molecule has 6 heteroatoms. The highest BCUT2D eigenvalue weighted by Gasteiger charge is 2.35. The van der Waals surface area contributed by atoms with Crippen LogP contribution in [-0.2, 0) is 9.59 Å². The second-order valence-electron chi connectivity index (χ2n) is 6.00. The van der Waals surface area contributed by atoms with Crippen LogP contribution in [-0.4, -0.2) is 45.4 Å². The van der Waals surface area contributed by atoms with Crippen LogP contribution in [0.3, 0.4) is 0 Å². The molecule has 1 aromatic rings. The Kier molecular flexibility index (Phi) is 3.44. The van der Waals surface area contributed by atoms with Gasteiger partial charge >= 0.3 is 0 Å². The number of thiocarbonyl (C=S) groups is 1. The average Bonchev–Trinajstić information content (AvgIpc) is 3.27. The number of amides is 2. The summed E-state index contributed by atoms with van der Waals surface area (Å²) in [4.78, 5) is 27.4. The molecular formula is C16H19N3O2S. The second kappa shape index (κ2) is 5.05. The number of aryl methyl sites for hydroxylation is 1. The van der Waals surface area contributed by atoms with Gasteiger partial charge in [0.25, 0.3) is 11.8 Å². The molecule has 0 aromatic carbocycles. The Balaban J connectivity index is 2.04. The number of carbonyl (C=O) groups excluding carboxylic acids is 2. The lowest BCUT2D eigenvalue weighted by Crippen LogP contribution is -2.52. The third kappa shape index (κ3) is 2.18. The minimum atomic E-state index is -0.343. The summed E-state index contributed by atoms with van der Waals surface area (Å²) in [5, 5.41) is 0.232. The molecule has 1 saturated carbocycles. The van der Waals surface area contributed by atoms with Crippen molar-refractivity contribution in [3.05, 3.63) is 28.6 Å². The number of rotatable bonds is 2. The lowest BCUT2D eigenvalue weighted by molar-refractivity contribution is -0.132. The van der Waals surface area contributed by atoms with E-state index in [4.69, 9.17) is 12.2 Å². The maximum Gasteiger partial charge on any atom is 0.265 e. The lowest BCUT2D eigenvalue weighted by Gasteiger charge is -2.31. The van der Waals surface area contributed by atoms with Gasteiger partial charge in [-0.05, 0) is 56.6 Å². The largest absolute Gasteiger partial charge is 0.346 e. The molecule has 5 nitrogen and oxygen atoms in total. The average molecular weight is 317 g/mol. The van der Waals surface area contributed by atoms with Crippen LogP contribution in [0.25, 0.3) is 6.08 Å². The Morgan fingerprint density at radius 3 is 2.18 bits per heavy atom. The summed E-state index contributed by atoms with van der Waals surface area (Å²) in [6.45, 7) is 4.10. The lowest BCUT2D eigenvalue weighted by atomic mass is 10.1. The summed E-state index contributed by atoms with van der Waals surface area (Å²) < 4.78 is 2.29. The van der Waals surface area contributed by atoms with Crippen LogP contribution >= 0.6 is 12.2 Å². The fourth-order valence-corrected chi connectivity index (χ4v) is 3.14. The minimum absolute atomic E-state index is 0.162. The Morgan fingerprint density at radius 1 is 1.14 bits per heavy atom. The van der Waals surface area contributed by atoms with Crippen LogP contribution in [0.1, 0.15) is 35.8 Å². The fraction of sp³-hybridized carbons (Fsp3) is 0.438. The molecule has 2 aliphatic rings. The molecule has 0 bridgehead atoms. The Labute approximate surface area is 135 Å². The summed E-state index contributed by atoms with van der Waals surface area (Å²) >= 11 is 5.09. The van der Waals surface area contributed by atoms with Crippen molar-refractivity contribution in [3.63, 3.8) is 0 Å². The molecule has 1 aliphatic heterocycles. The number of hydrogen-bond donors (Lipinski definition) is 0. The molecule has 1 saturated heterocycles. The quantitative estimate of drug-likeness (QED) is 0.476. The van der Waals surface area contributed by atoms with Crippen molar-refractivity contribution in [1.29, 1.82) is 0 Å². The van der Waals surface area contributed by atoms with Crippen molar-refractivity contribution in [3.8, 4) is 0 Å². The summed E-state index contributed by atoms with van der Waals surface area (Å²) in [5.74, 6) is -0.686. The zero-order valence-electron chi connectivity index (χ0n) is 13.2. The Bertz CT molecular complexity index is 702. The number of likely N-dealkylation sites (N-methyl/N-ethyl adjacent to an activating group) is 2. The topological polar surface area (TPSA) is 45.6 Å². The molecule has 116 valence electrons. The molecular weight excluding hydrogens is 298 g/mol. The van der Waals surface area contributed by atoms with E-state index < -0.39 is 0 Å². The molecule has 0 unspecified atom stereocenters. The van der Waals surface area contributed by atoms with Crippen molar-refractivity contribution >= 4 is 35.2 Å². The summed E-state index contributed by atoms with van der Waals surface area (Å²) in [5.41, 5.74) is 3.36. The van der Waals surface area contributed by atoms with Crippen LogP contribution in [0.15, 0.2) is 11.6 Å². The van der Waals surface area contributed by atoms with Gasteiger partial charge in [0.05, 0.1) is 0 Å². The van der Waals surface area contributed by atoms with Crippen LogP contribution < -0.4 is 0 Å². The molecule has 22 heavy (non-hydrogen) atoms. The van der Waals surface area contributed by atoms with Crippen LogP contribution in [0.2, 0.25) is 0 Å². The van der Waals surface area contributed by atoms with Crippen molar-refractivity contribution in [2.45, 2.75) is 32.7 Å². The van der Waals surface area contributed by atoms with E-state index in [9.17, 15) is 9.59 Å². The van der Waals surface area contributed by atoms with E-state index in [1.807, 2.05) is 13.0 Å². The molecule has 1 aliphatic carbocycles. The number of nitrogens with zero attached hydrogens (tertiary/aromatic N) is 3. The van der Waals surface area contributed by atoms with E-state index in [0.717, 1.165) is 11.3 Å². The van der Waals surface area contributed by atoms with Gasteiger partial charge in [0.1, 0.15) is 5.57 Å². The minimum Gasteiger partial charge on any atom is -0.346 e. The third-order valence-electron chi connectivity index (χ3n) is 4.38. The van der Waals surface area contributed by atoms with Gasteiger partial charge in [0.2, 0.25) is 0 Å². The van der Waals surface area contributed by atoms with Gasteiger partial charge in [-0.25, -0.2) is 0 Å². The van der Waals surface area contributed by atoms with Crippen molar-refractivity contribution < 1.29 is 9.59 Å². The SMILES string of the molecule is Cc1cc(C=C2C(=O)N(C)C(=S)N(C)C2=O)c(C)n1C1CC1. The molecule has 2 heterocycles. The molecule has 2 amide bonds. The maximum absolute atomic E-state index is 12.4. The molecule has 0 spiro atoms. The third-order valence-corrected chi connectivity index (χ3v) is 4.93. The molecule has 0 N–H and O–H groups in total. The van der Waals surface area contributed by atoms with Crippen molar-refractivity contribution in [1.82, 2.24) is 14.4 Å². The fourth-order valence-electron chi connectivity index (χ4n) is 2.97. The van der Waals surface area contributed by atoms with Gasteiger partial charge in [0.15, 0.2) is 5.11 Å². The van der Waals surface area contributed by atoms with Gasteiger partial charge in [-0.1, -0.05) is 0 Å². The molecule has 3 rings (SSSR count). The monoisotopic (exact) mass is 317 g/mol. The van der Waals surface area contributed by atoms with Gasteiger partial charge in [-0.3, -0.25) is 19.4 Å². The molecule has 0 radical (unpaired) electrons. The first-order chi connectivity index (χ1) is 10.3. The highest BCUT2D eigenvalue weighted by atomic mass is 32.1. The van der Waals surface area contributed by atoms with Crippen molar-refractivity contribution in [2.24, 2.45) is 0 Å². The predicted molar refractivity (Wildman–Crippen MR) is 88.3 cm³/mol. The standard InChI is InChI=1S/C16H19N3O2S/c1-9-7-11(10(2)19(9)12-5-6-12)8-13-14(20)17(3)16(22)18(4)15(13)21/h7-8,12H,5-6H2,1-4H3. The van der Waals surface area contributed by atoms with E-state index in [1.165, 1.54) is 28.3 Å². The first-order valence-electron chi connectivity index (χ1n) is 7.33. The highest BCUT2D eigenvalue weighted by Crippen LogP contribution is 2.38. The number of aromatic nitrogens is 1. The zero-order valence-corrected chi connectivity index (χ0v) is 14.0. The number of carbonyl (C=O) groups is 2. The van der Waals surface area contributed by atoms with E-state index >= 15 is 0 Å². The first kappa shape index (κ1) is 15.0. The van der Waals surface area contributed by atoms with E-state index in [0.29, 0.717) is 6.04 Å². The molecule has 2 fully saturated rings. The predicted octanol–water partition coefficient (Wildman–Crippen LogP) is 2.04. The van der Waals surface area contributed by atoms with Gasteiger partial charge in [0, 0.05) is 31.5 Å². The van der Waals surface area contributed by atoms with E-state index in [2.05, 4.69) is 11.5 Å². The van der Waals surface area contributed by atoms with Gasteiger partial charge in [-0.15, -0.1) is 0 Å². The zero-order chi connectivity index (χ0) is 16.2. The highest BCUT2D eigenvalue weighted by molar-refractivity contribution is 7.80. The Morgan fingerprint density at radius 2 is 1.68 bits per heavy atom. The normalized spacial score (nSPS) is 19.3. The van der Waals surface area contributed by atoms with Crippen LogP contribution in [0.5, 0.6) is 0 Å². The first-order valence-corrected chi connectivity index (χ1v) is 7.74. The smallest absolute Gasteiger partial charge is 0.265 e. The van der Waals surface area contributed by atoms with Crippen LogP contribution in [0, 0.1) is 13.8 Å². The maximum atomic E-state index is 12.4. The van der Waals surface area contributed by atoms with Gasteiger partial charge < -0.3 is 4.57 Å². The summed E-state index contributed by atoms with van der Waals surface area (Å²) in [7, 11) is 3.18.